The molecule has 0 spiro atoms. The van der Waals surface area contributed by atoms with Crippen LogP contribution < -0.4 is 0 Å². The van der Waals surface area contributed by atoms with Crippen LogP contribution in [0.25, 0.3) is 10.8 Å². The summed E-state index contributed by atoms with van der Waals surface area (Å²) < 4.78 is 5.75. The van der Waals surface area contributed by atoms with Crippen molar-refractivity contribution in [1.29, 1.82) is 0 Å². The summed E-state index contributed by atoms with van der Waals surface area (Å²) in [5.41, 5.74) is 1.34. The van der Waals surface area contributed by atoms with Crippen molar-refractivity contribution in [2.45, 2.75) is 25.9 Å². The Morgan fingerprint density at radius 1 is 1.11 bits per heavy atom. The van der Waals surface area contributed by atoms with Crippen LogP contribution in [0.2, 0.25) is 0 Å². The van der Waals surface area contributed by atoms with Crippen molar-refractivity contribution in [2.75, 3.05) is 12.4 Å². The number of ether oxygens (including phenoxy) is 1. The topological polar surface area (TPSA) is 9.23 Å². The molecule has 0 bridgehead atoms. The maximum atomic E-state index is 5.75. The first-order valence-electron chi connectivity index (χ1n) is 6.50. The smallest absolute Gasteiger partial charge is 0.0554 e. The summed E-state index contributed by atoms with van der Waals surface area (Å²) in [6.07, 6.45) is 2.30. The van der Waals surface area contributed by atoms with Gasteiger partial charge in [-0.15, -0.1) is 0 Å². The third-order valence-corrected chi connectivity index (χ3v) is 3.40. The Kier molecular flexibility index (Phi) is 5.09. The van der Waals surface area contributed by atoms with E-state index < -0.39 is 0 Å². The fourth-order valence-electron chi connectivity index (χ4n) is 2.04. The Balaban J connectivity index is 1.91. The van der Waals surface area contributed by atoms with Crippen LogP contribution in [-0.2, 0) is 11.2 Å². The van der Waals surface area contributed by atoms with Crippen molar-refractivity contribution in [1.82, 2.24) is 0 Å². The first kappa shape index (κ1) is 13.4. The third kappa shape index (κ3) is 3.76. The number of thiol groups is 1. The van der Waals surface area contributed by atoms with Gasteiger partial charge in [0.2, 0.25) is 0 Å². The molecule has 96 valence electrons. The Hall–Kier alpha value is -0.990. The minimum Gasteiger partial charge on any atom is -0.378 e. The van der Waals surface area contributed by atoms with Crippen molar-refractivity contribution in [2.24, 2.45) is 0 Å². The van der Waals surface area contributed by atoms with Gasteiger partial charge in [0.25, 0.3) is 0 Å². The number of rotatable bonds is 6. The lowest BCUT2D eigenvalue weighted by Crippen LogP contribution is -2.11. The average Bonchev–Trinajstić information content (AvgIpc) is 2.39. The molecular weight excluding hydrogens is 240 g/mol. The molecule has 1 unspecified atom stereocenters. The van der Waals surface area contributed by atoms with Crippen LogP contribution in [0.3, 0.4) is 0 Å². The van der Waals surface area contributed by atoms with Gasteiger partial charge in [-0.05, 0) is 41.9 Å². The van der Waals surface area contributed by atoms with Crippen LogP contribution >= 0.6 is 12.6 Å². The Labute approximate surface area is 115 Å². The normalized spacial score (nSPS) is 12.8. The molecule has 0 aliphatic rings. The SMILES string of the molecule is CC(CCS)OCCc1ccc2ccccc2c1. The highest BCUT2D eigenvalue weighted by atomic mass is 32.1. The first-order chi connectivity index (χ1) is 8.79. The number of hydrogen-bond donors (Lipinski definition) is 1. The monoisotopic (exact) mass is 260 g/mol. The molecule has 1 atom stereocenters. The number of fused-ring (bicyclic) bond motifs is 1. The largest absolute Gasteiger partial charge is 0.378 e. The summed E-state index contributed by atoms with van der Waals surface area (Å²) >= 11 is 4.21. The number of benzene rings is 2. The second kappa shape index (κ2) is 6.81. The molecule has 0 heterocycles. The van der Waals surface area contributed by atoms with E-state index in [1.165, 1.54) is 16.3 Å². The van der Waals surface area contributed by atoms with Gasteiger partial charge in [0.15, 0.2) is 0 Å². The fraction of sp³-hybridized carbons (Fsp3) is 0.375. The zero-order valence-corrected chi connectivity index (χ0v) is 11.7. The maximum absolute atomic E-state index is 5.75. The molecular formula is C16H20OS. The van der Waals surface area contributed by atoms with E-state index in [2.05, 4.69) is 62.0 Å². The maximum Gasteiger partial charge on any atom is 0.0554 e. The van der Waals surface area contributed by atoms with Crippen molar-refractivity contribution < 1.29 is 4.74 Å². The van der Waals surface area contributed by atoms with E-state index >= 15 is 0 Å². The van der Waals surface area contributed by atoms with Gasteiger partial charge in [-0.1, -0.05) is 42.5 Å². The van der Waals surface area contributed by atoms with E-state index in [1.807, 2.05) is 0 Å². The second-order valence-electron chi connectivity index (χ2n) is 4.63. The molecule has 2 aromatic rings. The molecule has 0 N–H and O–H groups in total. The molecule has 0 aliphatic carbocycles. The molecule has 0 radical (unpaired) electrons. The standard InChI is InChI=1S/C16H20OS/c1-13(9-11-18)17-10-8-14-6-7-15-4-2-3-5-16(15)12-14/h2-7,12-13,18H,8-11H2,1H3. The molecule has 0 amide bonds. The number of hydrogen-bond acceptors (Lipinski definition) is 2. The van der Waals surface area contributed by atoms with E-state index in [9.17, 15) is 0 Å². The van der Waals surface area contributed by atoms with Gasteiger partial charge in [0.05, 0.1) is 12.7 Å². The van der Waals surface area contributed by atoms with Gasteiger partial charge < -0.3 is 4.74 Å². The van der Waals surface area contributed by atoms with Gasteiger partial charge in [-0.3, -0.25) is 0 Å². The lowest BCUT2D eigenvalue weighted by molar-refractivity contribution is 0.0668. The highest BCUT2D eigenvalue weighted by Crippen LogP contribution is 2.16. The summed E-state index contributed by atoms with van der Waals surface area (Å²) in [6.45, 7) is 2.89. The average molecular weight is 260 g/mol. The minimum absolute atomic E-state index is 0.308. The molecule has 0 aromatic heterocycles. The molecule has 2 rings (SSSR count). The van der Waals surface area contributed by atoms with E-state index in [1.54, 1.807) is 0 Å². The van der Waals surface area contributed by atoms with E-state index in [0.717, 1.165) is 25.2 Å². The van der Waals surface area contributed by atoms with Crippen molar-refractivity contribution in [3.63, 3.8) is 0 Å². The Morgan fingerprint density at radius 2 is 1.89 bits per heavy atom. The summed E-state index contributed by atoms with van der Waals surface area (Å²) in [7, 11) is 0. The second-order valence-corrected chi connectivity index (χ2v) is 5.07. The van der Waals surface area contributed by atoms with Crippen molar-refractivity contribution in [3.05, 3.63) is 48.0 Å². The van der Waals surface area contributed by atoms with Crippen LogP contribution in [0.15, 0.2) is 42.5 Å². The summed E-state index contributed by atoms with van der Waals surface area (Å²) in [4.78, 5) is 0. The predicted octanol–water partition coefficient (Wildman–Crippen LogP) is 4.11. The van der Waals surface area contributed by atoms with E-state index in [0.29, 0.717) is 6.10 Å². The van der Waals surface area contributed by atoms with Crippen molar-refractivity contribution >= 4 is 23.4 Å². The van der Waals surface area contributed by atoms with Gasteiger partial charge >= 0.3 is 0 Å². The van der Waals surface area contributed by atoms with Crippen LogP contribution in [0.4, 0.5) is 0 Å². The third-order valence-electron chi connectivity index (χ3n) is 3.14. The van der Waals surface area contributed by atoms with Crippen LogP contribution in [0.5, 0.6) is 0 Å². The lowest BCUT2D eigenvalue weighted by atomic mass is 10.1. The van der Waals surface area contributed by atoms with E-state index in [-0.39, 0.29) is 0 Å². The van der Waals surface area contributed by atoms with Crippen LogP contribution in [0.1, 0.15) is 18.9 Å². The molecule has 0 aliphatic heterocycles. The molecule has 2 aromatic carbocycles. The van der Waals surface area contributed by atoms with Gasteiger partial charge in [-0.25, -0.2) is 0 Å². The van der Waals surface area contributed by atoms with Gasteiger partial charge in [0, 0.05) is 0 Å². The molecule has 18 heavy (non-hydrogen) atoms. The van der Waals surface area contributed by atoms with Gasteiger partial charge in [-0.2, -0.15) is 12.6 Å². The fourth-order valence-corrected chi connectivity index (χ4v) is 2.40. The highest BCUT2D eigenvalue weighted by molar-refractivity contribution is 7.80. The van der Waals surface area contributed by atoms with E-state index in [4.69, 9.17) is 4.74 Å². The Bertz CT molecular complexity index is 495. The summed E-state index contributed by atoms with van der Waals surface area (Å²) in [5.74, 6) is 0.886. The zero-order chi connectivity index (χ0) is 12.8. The lowest BCUT2D eigenvalue weighted by Gasteiger charge is -2.11. The molecule has 0 saturated heterocycles. The minimum atomic E-state index is 0.308. The van der Waals surface area contributed by atoms with Crippen LogP contribution in [0, 0.1) is 0 Å². The highest BCUT2D eigenvalue weighted by Gasteiger charge is 2.01. The summed E-state index contributed by atoms with van der Waals surface area (Å²) in [5, 5.41) is 2.60. The summed E-state index contributed by atoms with van der Waals surface area (Å²) in [6, 6.07) is 15.1. The van der Waals surface area contributed by atoms with Crippen LogP contribution in [-0.4, -0.2) is 18.5 Å². The quantitative estimate of drug-likeness (QED) is 0.769. The first-order valence-corrected chi connectivity index (χ1v) is 7.13. The predicted molar refractivity (Wildman–Crippen MR) is 81.5 cm³/mol. The molecule has 0 fully saturated rings. The molecule has 2 heteroatoms. The molecule has 1 nitrogen and oxygen atoms in total. The van der Waals surface area contributed by atoms with Crippen molar-refractivity contribution in [3.8, 4) is 0 Å². The van der Waals surface area contributed by atoms with Gasteiger partial charge in [0.1, 0.15) is 0 Å². The zero-order valence-electron chi connectivity index (χ0n) is 10.8. The Morgan fingerprint density at radius 3 is 2.67 bits per heavy atom. The molecule has 0 saturated carbocycles.